The molecule has 0 unspecified atom stereocenters. The van der Waals surface area contributed by atoms with Gasteiger partial charge >= 0.3 is 0 Å². The fourth-order valence-corrected chi connectivity index (χ4v) is 24.8. The molecule has 0 bridgehead atoms. The van der Waals surface area contributed by atoms with Crippen molar-refractivity contribution >= 4 is 228 Å². The Kier molecular flexibility index (Phi) is 14.5. The molecular formula is C118H83BN4S2. The fourth-order valence-electron chi connectivity index (χ4n) is 22.6. The molecule has 0 saturated heterocycles. The lowest BCUT2D eigenvalue weighted by atomic mass is 9.33. The van der Waals surface area contributed by atoms with Crippen molar-refractivity contribution in [2.75, 3.05) is 9.80 Å². The van der Waals surface area contributed by atoms with Crippen molar-refractivity contribution in [2.45, 2.75) is 78.6 Å². The van der Waals surface area contributed by atoms with Crippen LogP contribution in [0.2, 0.25) is 0 Å². The summed E-state index contributed by atoms with van der Waals surface area (Å²) in [6, 6.07) is 133. The van der Waals surface area contributed by atoms with Crippen LogP contribution in [0.5, 0.6) is 0 Å². The Morgan fingerprint density at radius 2 is 0.552 bits per heavy atom. The minimum atomic E-state index is -0.391. The molecule has 7 heteroatoms. The van der Waals surface area contributed by atoms with Gasteiger partial charge in [0.05, 0.1) is 33.4 Å². The van der Waals surface area contributed by atoms with Crippen LogP contribution in [0, 0.1) is 0 Å². The minimum absolute atomic E-state index is 0.253. The maximum absolute atomic E-state index is 2.81. The quantitative estimate of drug-likeness (QED) is 0.0856. The summed E-state index contributed by atoms with van der Waals surface area (Å²) < 4.78 is 10.4. The number of nitrogens with zero attached hydrogens (tertiary/aromatic N) is 4. The first-order valence-corrected chi connectivity index (χ1v) is 45.8. The number of benzene rings is 21. The van der Waals surface area contributed by atoms with E-state index in [1.807, 2.05) is 22.7 Å². The summed E-state index contributed by atoms with van der Waals surface area (Å²) in [4.78, 5) is 5.62. The van der Waals surface area contributed by atoms with Crippen LogP contribution in [0.3, 0.4) is 0 Å². The predicted molar refractivity (Wildman–Crippen MR) is 543 cm³/mol. The van der Waals surface area contributed by atoms with E-state index in [2.05, 4.69) is 421 Å². The zero-order valence-electron chi connectivity index (χ0n) is 71.0. The summed E-state index contributed by atoms with van der Waals surface area (Å²) in [6.45, 7) is 21.4. The molecule has 125 heavy (non-hydrogen) atoms. The summed E-state index contributed by atoms with van der Waals surface area (Å²) in [5.74, 6) is 0. The molecule has 0 fully saturated rings. The highest BCUT2D eigenvalue weighted by Gasteiger charge is 2.47. The summed E-state index contributed by atoms with van der Waals surface area (Å²) in [6.07, 6.45) is 0. The van der Waals surface area contributed by atoms with Gasteiger partial charge in [-0.15, -0.1) is 22.7 Å². The first-order chi connectivity index (χ1) is 60.9. The van der Waals surface area contributed by atoms with E-state index in [4.69, 9.17) is 0 Å². The van der Waals surface area contributed by atoms with Crippen LogP contribution in [0.4, 0.5) is 34.1 Å². The Balaban J connectivity index is 0.826. The number of aromatic nitrogens is 2. The molecule has 590 valence electrons. The highest BCUT2D eigenvalue weighted by atomic mass is 32.1. The van der Waals surface area contributed by atoms with E-state index >= 15 is 0 Å². The van der Waals surface area contributed by atoms with Gasteiger partial charge < -0.3 is 18.9 Å². The highest BCUT2D eigenvalue weighted by molar-refractivity contribution is 7.26. The van der Waals surface area contributed by atoms with Gasteiger partial charge in [0.25, 0.3) is 6.71 Å². The van der Waals surface area contributed by atoms with Crippen LogP contribution in [0.15, 0.2) is 340 Å². The van der Waals surface area contributed by atoms with Crippen molar-refractivity contribution in [3.05, 3.63) is 356 Å². The molecule has 0 aliphatic carbocycles. The van der Waals surface area contributed by atoms with Gasteiger partial charge in [-0.05, 0) is 258 Å². The average Bonchev–Trinajstić information content (AvgIpc) is 1.60. The topological polar surface area (TPSA) is 16.3 Å². The standard InChI is InChI=1S/C118H83BN4S2/c1-116(2,3)74-58-85(66-24-12-10-13-25-66)114(87(60-74)72-44-54-103-89(56-72)79-32-16-18-38-101(79)124-103)122-97-64-77(120-93-50-40-68-28-20-34-81-82-35-21-29-69-41-51-94(120)110(106(69)82)109(93)105(68)81)46-48-91(97)119-92-49-47-78(121-95-52-42-70-30-22-36-83-84-37-23-31-71-43-53-96(121)112(108(71)84)111(95)107(70)83)65-98(92)123(100-63-76(118(7,8)9)62-99(122)113(100)119)115-86(67-26-14-11-15-27-67)59-75(117(4,5)6)61-88(115)73-45-55-104-90(57-73)80-33-17-19-39-102(80)125-104/h10-65H,1-9H3. The molecule has 0 N–H and O–H groups in total. The SMILES string of the molecule is CC(C)(C)c1cc(-c2ccccc2)c(N2c3cc(-n4c5ccc6cccc7c8cccc9ccc4c(c98)c5c67)ccc3B3c4ccc(-n5c6ccc7cccc8c9cccc%10ccc5c(c%109)c6c78)cc4N(c4c(-c5ccccc5)cc(C(C)(C)C)cc4-c4ccc5sc6ccccc6c5c4)c4cc(C(C)(C)C)cc2c43)c(-c2ccc3sc4ccccc4c3c2)c1. The maximum atomic E-state index is 2.81. The Labute approximate surface area is 732 Å². The Bertz CT molecular complexity index is 8230. The molecule has 0 spiro atoms. The van der Waals surface area contributed by atoms with E-state index in [1.54, 1.807) is 0 Å². The van der Waals surface area contributed by atoms with Crippen molar-refractivity contribution in [1.29, 1.82) is 0 Å². The first-order valence-electron chi connectivity index (χ1n) is 44.1. The number of hydrogen-bond acceptors (Lipinski definition) is 4. The molecule has 6 heterocycles. The van der Waals surface area contributed by atoms with Crippen LogP contribution in [0.1, 0.15) is 79.0 Å². The van der Waals surface area contributed by atoms with Gasteiger partial charge in [0.1, 0.15) is 0 Å². The van der Waals surface area contributed by atoms with E-state index < -0.39 is 5.41 Å². The fraction of sp³-hybridized carbons (Fsp3) is 0.102. The Hall–Kier alpha value is -14.1. The lowest BCUT2D eigenvalue weighted by Gasteiger charge is -2.47. The number of rotatable bonds is 8. The first kappa shape index (κ1) is 71.5. The number of fused-ring (bicyclic) bond motifs is 12. The van der Waals surface area contributed by atoms with Gasteiger partial charge in [0, 0.05) is 118 Å². The predicted octanol–water partition coefficient (Wildman–Crippen LogP) is 31.9. The smallest absolute Gasteiger partial charge is 0.252 e. The molecule has 0 amide bonds. The van der Waals surface area contributed by atoms with Gasteiger partial charge in [0.15, 0.2) is 0 Å². The maximum Gasteiger partial charge on any atom is 0.252 e. The van der Waals surface area contributed by atoms with Crippen molar-refractivity contribution in [3.8, 4) is 55.9 Å². The lowest BCUT2D eigenvalue weighted by molar-refractivity contribution is 0.590. The molecular weight excluding hydrogens is 1550 g/mol. The van der Waals surface area contributed by atoms with Crippen LogP contribution in [-0.4, -0.2) is 15.8 Å². The molecule has 2 aliphatic rings. The second-order valence-electron chi connectivity index (χ2n) is 38.6. The van der Waals surface area contributed by atoms with Gasteiger partial charge in [-0.3, -0.25) is 0 Å². The van der Waals surface area contributed by atoms with E-state index in [0.29, 0.717) is 0 Å². The van der Waals surface area contributed by atoms with Crippen LogP contribution < -0.4 is 26.2 Å². The zero-order chi connectivity index (χ0) is 83.3. The lowest BCUT2D eigenvalue weighted by Crippen LogP contribution is -2.61. The molecule has 25 aromatic rings. The molecule has 2 aliphatic heterocycles. The molecule has 4 aromatic heterocycles. The van der Waals surface area contributed by atoms with E-state index in [1.165, 1.54) is 215 Å². The molecule has 0 saturated carbocycles. The monoisotopic (exact) mass is 1630 g/mol. The number of thiophene rings is 2. The van der Waals surface area contributed by atoms with Crippen LogP contribution in [-0.2, 0) is 16.2 Å². The van der Waals surface area contributed by atoms with E-state index in [9.17, 15) is 0 Å². The Morgan fingerprint density at radius 3 is 0.912 bits per heavy atom. The summed E-state index contributed by atoms with van der Waals surface area (Å²) in [5.41, 5.74) is 29.8. The van der Waals surface area contributed by atoms with E-state index in [0.717, 1.165) is 56.6 Å². The zero-order valence-corrected chi connectivity index (χ0v) is 72.6. The second kappa shape index (κ2) is 25.3. The van der Waals surface area contributed by atoms with Crippen molar-refractivity contribution in [2.24, 2.45) is 0 Å². The average molecular weight is 1630 g/mol. The van der Waals surface area contributed by atoms with Crippen molar-refractivity contribution in [1.82, 2.24) is 9.13 Å². The molecule has 21 aromatic carbocycles. The summed E-state index contributed by atoms with van der Waals surface area (Å²) in [5, 5.41) is 25.9. The number of anilines is 6. The molecule has 4 nitrogen and oxygen atoms in total. The van der Waals surface area contributed by atoms with Crippen LogP contribution in [0.25, 0.3) is 204 Å². The Morgan fingerprint density at radius 1 is 0.232 bits per heavy atom. The van der Waals surface area contributed by atoms with Crippen molar-refractivity contribution < 1.29 is 0 Å². The van der Waals surface area contributed by atoms with Gasteiger partial charge in [0.2, 0.25) is 0 Å². The number of hydrogen-bond donors (Lipinski definition) is 0. The largest absolute Gasteiger partial charge is 0.310 e. The third-order valence-electron chi connectivity index (χ3n) is 28.5. The normalized spacial score (nSPS) is 13.4. The van der Waals surface area contributed by atoms with Crippen molar-refractivity contribution in [3.63, 3.8) is 0 Å². The highest BCUT2D eigenvalue weighted by Crippen LogP contribution is 2.59. The van der Waals surface area contributed by atoms with Crippen LogP contribution >= 0.6 is 22.7 Å². The third-order valence-corrected chi connectivity index (χ3v) is 30.8. The molecule has 0 radical (unpaired) electrons. The summed E-state index contributed by atoms with van der Waals surface area (Å²) in [7, 11) is 0. The molecule has 0 atom stereocenters. The third kappa shape index (κ3) is 9.99. The minimum Gasteiger partial charge on any atom is -0.310 e. The van der Waals surface area contributed by atoms with Gasteiger partial charge in [-0.25, -0.2) is 0 Å². The summed E-state index contributed by atoms with van der Waals surface area (Å²) >= 11 is 3.77. The second-order valence-corrected chi connectivity index (χ2v) is 40.8. The van der Waals surface area contributed by atoms with Gasteiger partial charge in [-0.2, -0.15) is 0 Å². The van der Waals surface area contributed by atoms with E-state index in [-0.39, 0.29) is 17.5 Å². The van der Waals surface area contributed by atoms with Gasteiger partial charge in [-0.1, -0.05) is 281 Å². The molecule has 27 rings (SSSR count).